The van der Waals surface area contributed by atoms with Crippen molar-refractivity contribution in [2.24, 2.45) is 0 Å². The number of fused-ring (bicyclic) bond motifs is 2. The number of rotatable bonds is 11. The molecule has 0 bridgehead atoms. The van der Waals surface area contributed by atoms with E-state index >= 15 is 0 Å². The number of benzene rings is 4. The summed E-state index contributed by atoms with van der Waals surface area (Å²) < 4.78 is 11.3. The van der Waals surface area contributed by atoms with E-state index in [1.807, 2.05) is 12.1 Å². The van der Waals surface area contributed by atoms with E-state index in [1.54, 1.807) is 103 Å². The maximum absolute atomic E-state index is 13.1. The lowest BCUT2D eigenvalue weighted by Gasteiger charge is -2.15. The molecule has 0 atom stereocenters. The Morgan fingerprint density at radius 2 is 1.16 bits per heavy atom. The van der Waals surface area contributed by atoms with Crippen molar-refractivity contribution >= 4 is 92.7 Å². The first-order valence-electron chi connectivity index (χ1n) is 18.3. The molecule has 324 valence electrons. The highest BCUT2D eigenvalue weighted by molar-refractivity contribution is 7.18. The molecule has 2 aliphatic heterocycles. The first kappa shape index (κ1) is 47.7. The molecular formula is C45H34Cl2N6O9S2. The van der Waals surface area contributed by atoms with Crippen molar-refractivity contribution in [1.29, 1.82) is 10.5 Å². The van der Waals surface area contributed by atoms with Gasteiger partial charge in [-0.2, -0.15) is 10.5 Å². The fraction of sp³-hybridized carbons (Fsp3) is 0.111. The third-order valence-corrected chi connectivity index (χ3v) is 11.2. The minimum Gasteiger partial charge on any atom is -0.479 e. The van der Waals surface area contributed by atoms with E-state index < -0.39 is 29.5 Å². The number of ether oxygens (including phenoxy) is 2. The molecule has 0 aliphatic carbocycles. The van der Waals surface area contributed by atoms with E-state index in [0.29, 0.717) is 41.2 Å². The molecular weight excluding hydrogens is 904 g/mol. The summed E-state index contributed by atoms with van der Waals surface area (Å²) in [7, 11) is 0. The van der Waals surface area contributed by atoms with Crippen molar-refractivity contribution in [2.75, 3.05) is 23.8 Å². The van der Waals surface area contributed by atoms with Crippen LogP contribution in [0.2, 0.25) is 8.67 Å². The quantitative estimate of drug-likeness (QED) is 0.0899. The molecule has 2 aliphatic rings. The highest BCUT2D eigenvalue weighted by atomic mass is 35.5. The number of aliphatic hydroxyl groups excluding tert-OH is 1. The van der Waals surface area contributed by atoms with Crippen molar-refractivity contribution in [3.63, 3.8) is 0 Å². The number of hydrogen-bond donors (Lipinski definition) is 4. The van der Waals surface area contributed by atoms with Crippen molar-refractivity contribution in [1.82, 2.24) is 10.2 Å². The molecule has 0 saturated carbocycles. The summed E-state index contributed by atoms with van der Waals surface area (Å²) in [6.45, 7) is -0.0440. The molecule has 4 N–H and O–H groups in total. The van der Waals surface area contributed by atoms with Gasteiger partial charge in [0.1, 0.15) is 23.6 Å². The second-order valence-electron chi connectivity index (χ2n) is 12.9. The van der Waals surface area contributed by atoms with Crippen LogP contribution in [0, 0.1) is 22.7 Å². The zero-order valence-corrected chi connectivity index (χ0v) is 35.5. The maximum atomic E-state index is 13.1. The third-order valence-electron chi connectivity index (χ3n) is 8.78. The highest BCUT2D eigenvalue weighted by Crippen LogP contribution is 2.32. The van der Waals surface area contributed by atoms with Crippen LogP contribution in [0.3, 0.4) is 0 Å². The molecule has 0 saturated heterocycles. The SMILES string of the molecule is C.N#CCOc1cccc(CN2C(=O)c3cccc(NC(=O)c4ccc(Cl)s4)c3C2=O)c1.N#CCOc1cccc(CO)c1.O=C(Nc1cccc2c1C(=O)NC2=O)c1ccc(Cl)s1. The molecule has 8 rings (SSSR count). The molecule has 4 heterocycles. The number of thiophene rings is 2. The minimum atomic E-state index is -0.509. The highest BCUT2D eigenvalue weighted by Gasteiger charge is 2.38. The monoisotopic (exact) mass is 936 g/mol. The molecule has 19 heteroatoms. The van der Waals surface area contributed by atoms with E-state index in [9.17, 15) is 28.8 Å². The number of amides is 6. The predicted molar refractivity (Wildman–Crippen MR) is 241 cm³/mol. The summed E-state index contributed by atoms with van der Waals surface area (Å²) in [5, 5.41) is 33.2. The van der Waals surface area contributed by atoms with E-state index in [2.05, 4.69) is 16.0 Å². The van der Waals surface area contributed by atoms with Gasteiger partial charge in [-0.25, -0.2) is 0 Å². The number of imide groups is 2. The fourth-order valence-corrected chi connectivity index (χ4v) is 7.90. The standard InChI is InChI=1S/C22H14ClN3O4S.C13H7ClN2O3S.C9H9NO2.CH4/c23-18-8-7-17(31-18)20(27)25-16-6-2-5-15-19(16)22(29)26(21(15)28)12-13-3-1-4-14(11-13)30-10-9-24;14-9-5-4-8(20-9)12(18)15-7-3-1-2-6-10(7)13(19)16-11(6)17;10-4-5-12-9-3-1-2-8(6-9)7-11;/h1-8,11H,10,12H2,(H,25,27);1-5H,(H,15,18)(H,16,17,19);1-3,6,11H,5,7H2;1H4. The van der Waals surface area contributed by atoms with Crippen LogP contribution in [0.5, 0.6) is 11.5 Å². The number of hydrogen-bond acceptors (Lipinski definition) is 13. The molecule has 0 spiro atoms. The van der Waals surface area contributed by atoms with Gasteiger partial charge in [0, 0.05) is 0 Å². The molecule has 15 nitrogen and oxygen atoms in total. The summed E-state index contributed by atoms with van der Waals surface area (Å²) >= 11 is 13.9. The summed E-state index contributed by atoms with van der Waals surface area (Å²) in [6.07, 6.45) is 0. The average Bonchev–Trinajstić information content (AvgIpc) is 4.06. The van der Waals surface area contributed by atoms with Gasteiger partial charge in [-0.3, -0.25) is 39.0 Å². The topological polar surface area (TPSA) is 228 Å². The maximum Gasteiger partial charge on any atom is 0.265 e. The van der Waals surface area contributed by atoms with Gasteiger partial charge in [-0.1, -0.05) is 67.0 Å². The largest absolute Gasteiger partial charge is 0.479 e. The number of carbonyl (C=O) groups is 6. The number of nitriles is 2. The van der Waals surface area contributed by atoms with Crippen molar-refractivity contribution in [2.45, 2.75) is 20.6 Å². The van der Waals surface area contributed by atoms with Crippen molar-refractivity contribution in [3.8, 4) is 23.6 Å². The lowest BCUT2D eigenvalue weighted by atomic mass is 10.1. The van der Waals surface area contributed by atoms with E-state index in [4.69, 9.17) is 48.3 Å². The second kappa shape index (κ2) is 22.1. The number of halogens is 2. The molecule has 4 aromatic carbocycles. The van der Waals surface area contributed by atoms with Crippen LogP contribution in [0.1, 0.15) is 79.3 Å². The molecule has 6 aromatic rings. The van der Waals surface area contributed by atoms with Gasteiger partial charge in [0.15, 0.2) is 13.2 Å². The number of nitrogens with zero attached hydrogens (tertiary/aromatic N) is 3. The number of nitrogens with one attached hydrogen (secondary N) is 3. The van der Waals surface area contributed by atoms with E-state index in [-0.39, 0.29) is 67.6 Å². The van der Waals surface area contributed by atoms with Crippen LogP contribution < -0.4 is 25.4 Å². The average molecular weight is 938 g/mol. The Morgan fingerprint density at radius 1 is 0.656 bits per heavy atom. The van der Waals surface area contributed by atoms with Crippen LogP contribution in [-0.2, 0) is 13.2 Å². The van der Waals surface area contributed by atoms with Crippen LogP contribution in [-0.4, -0.2) is 58.7 Å². The molecule has 0 fully saturated rings. The van der Waals surface area contributed by atoms with E-state index in [0.717, 1.165) is 33.1 Å². The Morgan fingerprint density at radius 3 is 1.67 bits per heavy atom. The normalized spacial score (nSPS) is 11.8. The number of anilines is 2. The van der Waals surface area contributed by atoms with Crippen LogP contribution in [0.15, 0.2) is 109 Å². The number of carbonyl (C=O) groups excluding carboxylic acids is 6. The lowest BCUT2D eigenvalue weighted by Crippen LogP contribution is -2.29. The van der Waals surface area contributed by atoms with Gasteiger partial charge in [-0.05, 0) is 83.9 Å². The molecule has 0 unspecified atom stereocenters. The Balaban J connectivity index is 0.000000200. The fourth-order valence-electron chi connectivity index (χ4n) is 6.03. The van der Waals surface area contributed by atoms with Gasteiger partial charge < -0.3 is 25.2 Å². The van der Waals surface area contributed by atoms with Gasteiger partial charge in [-0.15, -0.1) is 22.7 Å². The summed E-state index contributed by atoms with van der Waals surface area (Å²) in [5.74, 6) is -1.61. The van der Waals surface area contributed by atoms with Crippen LogP contribution in [0.4, 0.5) is 11.4 Å². The van der Waals surface area contributed by atoms with Gasteiger partial charge in [0.05, 0.1) is 65.2 Å². The van der Waals surface area contributed by atoms with Gasteiger partial charge in [0.25, 0.3) is 35.4 Å². The Kier molecular flexibility index (Phi) is 16.5. The molecule has 6 amide bonds. The van der Waals surface area contributed by atoms with Crippen molar-refractivity contribution < 1.29 is 43.3 Å². The summed E-state index contributed by atoms with van der Waals surface area (Å²) in [4.78, 5) is 75.7. The zero-order valence-electron chi connectivity index (χ0n) is 32.3. The Labute approximate surface area is 384 Å². The lowest BCUT2D eigenvalue weighted by molar-refractivity contribution is 0.0641. The molecule has 64 heavy (non-hydrogen) atoms. The first-order valence-corrected chi connectivity index (χ1v) is 20.7. The third kappa shape index (κ3) is 11.5. The predicted octanol–water partition coefficient (Wildman–Crippen LogP) is 8.61. The van der Waals surface area contributed by atoms with E-state index in [1.165, 1.54) is 6.07 Å². The zero-order chi connectivity index (χ0) is 45.0. The smallest absolute Gasteiger partial charge is 0.265 e. The van der Waals surface area contributed by atoms with Gasteiger partial charge in [0.2, 0.25) is 0 Å². The second-order valence-corrected chi connectivity index (χ2v) is 16.3. The Bertz CT molecular complexity index is 2850. The summed E-state index contributed by atoms with van der Waals surface area (Å²) in [5.41, 5.74) is 2.85. The minimum absolute atomic E-state index is 0. The Hall–Kier alpha value is -7.38. The first-order chi connectivity index (χ1) is 30.4. The molecule has 2 aromatic heterocycles. The van der Waals surface area contributed by atoms with Crippen LogP contribution >= 0.6 is 45.9 Å². The van der Waals surface area contributed by atoms with Crippen molar-refractivity contribution in [3.05, 3.63) is 161 Å². The van der Waals surface area contributed by atoms with Gasteiger partial charge >= 0.3 is 0 Å². The molecule has 0 radical (unpaired) electrons. The summed E-state index contributed by atoms with van der Waals surface area (Å²) in [6, 6.07) is 33.5. The number of aliphatic hydroxyl groups is 1. The van der Waals surface area contributed by atoms with Crippen LogP contribution in [0.25, 0.3) is 0 Å².